The predicted octanol–water partition coefficient (Wildman–Crippen LogP) is 0.218. The van der Waals surface area contributed by atoms with E-state index < -0.39 is 5.97 Å². The zero-order chi connectivity index (χ0) is 25.8. The first-order valence-corrected chi connectivity index (χ1v) is 12.2. The molecule has 1 aliphatic rings. The number of benzene rings is 3. The van der Waals surface area contributed by atoms with Crippen LogP contribution in [-0.2, 0) is 24.2 Å². The number of tetrazole rings is 1. The average molecular weight is 538 g/mol. The molecule has 0 saturated heterocycles. The second-order valence-electron chi connectivity index (χ2n) is 8.78. The first-order valence-electron chi connectivity index (χ1n) is 11.8. The van der Waals surface area contributed by atoms with E-state index in [9.17, 15) is 14.7 Å². The molecule has 5 rings (SSSR count). The van der Waals surface area contributed by atoms with Crippen LogP contribution in [0.25, 0.3) is 5.69 Å². The third-order valence-corrected chi connectivity index (χ3v) is 6.39. The van der Waals surface area contributed by atoms with Gasteiger partial charge in [0.2, 0.25) is 4.77 Å². The number of aromatic amines is 1. The molecule has 3 N–H and O–H groups in total. The van der Waals surface area contributed by atoms with Crippen molar-refractivity contribution in [2.45, 2.75) is 25.8 Å². The van der Waals surface area contributed by atoms with Crippen molar-refractivity contribution in [3.8, 4) is 5.69 Å². The normalized spacial score (nSPS) is 12.3. The molecular weight excluding hydrogens is 513 g/mol. The Morgan fingerprint density at radius 2 is 1.76 bits per heavy atom. The van der Waals surface area contributed by atoms with Crippen LogP contribution < -0.4 is 50.2 Å². The molecule has 0 fully saturated rings. The van der Waals surface area contributed by atoms with Crippen LogP contribution in [0.4, 0.5) is 21.9 Å². The van der Waals surface area contributed by atoms with E-state index in [0.717, 1.165) is 48.3 Å². The van der Waals surface area contributed by atoms with Gasteiger partial charge in [0.1, 0.15) is 0 Å². The zero-order valence-electron chi connectivity index (χ0n) is 20.8. The summed E-state index contributed by atoms with van der Waals surface area (Å²) in [6, 6.07) is 20.3. The number of aryl methyl sites for hydroxylation is 1. The molecule has 3 aromatic carbocycles. The van der Waals surface area contributed by atoms with Crippen molar-refractivity contribution in [1.29, 1.82) is 0 Å². The largest absolute Gasteiger partial charge is 1.00 e. The van der Waals surface area contributed by atoms with E-state index in [-0.39, 0.29) is 46.8 Å². The van der Waals surface area contributed by atoms with Gasteiger partial charge in [-0.15, -0.1) is 0 Å². The monoisotopic (exact) mass is 537 g/mol. The summed E-state index contributed by atoms with van der Waals surface area (Å²) in [6.45, 7) is 1.64. The molecule has 4 aromatic rings. The molecule has 1 aromatic heterocycles. The number of anilines is 3. The summed E-state index contributed by atoms with van der Waals surface area (Å²) < 4.78 is 1.82. The van der Waals surface area contributed by atoms with E-state index in [4.69, 9.17) is 12.2 Å². The minimum absolute atomic E-state index is 0. The molecule has 0 spiro atoms. The molecule has 188 valence electrons. The van der Waals surface area contributed by atoms with Crippen LogP contribution >= 0.6 is 12.2 Å². The van der Waals surface area contributed by atoms with Crippen LogP contribution in [0.15, 0.2) is 66.7 Å². The Labute approximate surface area is 246 Å². The van der Waals surface area contributed by atoms with Crippen molar-refractivity contribution in [3.05, 3.63) is 88.2 Å². The number of amides is 2. The van der Waals surface area contributed by atoms with Crippen molar-refractivity contribution in [3.63, 3.8) is 0 Å². The Kier molecular flexibility index (Phi) is 8.95. The number of hydrogen-bond donors (Lipinski definition) is 3. The van der Waals surface area contributed by atoms with Gasteiger partial charge in [-0.05, 0) is 78.1 Å². The molecule has 0 bridgehead atoms. The Morgan fingerprint density at radius 3 is 2.50 bits per heavy atom. The molecule has 10 nitrogen and oxygen atoms in total. The molecular formula is C26H24N7NaO3S. The fourth-order valence-electron chi connectivity index (χ4n) is 4.46. The summed E-state index contributed by atoms with van der Waals surface area (Å²) >= 11 is 5.12. The van der Waals surface area contributed by atoms with Crippen molar-refractivity contribution in [1.82, 2.24) is 20.2 Å². The molecule has 0 atom stereocenters. The molecule has 38 heavy (non-hydrogen) atoms. The second-order valence-corrected chi connectivity index (χ2v) is 9.15. The van der Waals surface area contributed by atoms with E-state index in [1.807, 2.05) is 48.5 Å². The number of aliphatic carboxylic acids is 1. The van der Waals surface area contributed by atoms with Gasteiger partial charge in [-0.2, -0.15) is 5.21 Å². The van der Waals surface area contributed by atoms with E-state index >= 15 is 0 Å². The molecule has 12 heteroatoms. The first-order chi connectivity index (χ1) is 17.9. The van der Waals surface area contributed by atoms with Crippen LogP contribution in [0.5, 0.6) is 0 Å². The molecule has 0 unspecified atom stereocenters. The Hall–Kier alpha value is -3.51. The summed E-state index contributed by atoms with van der Waals surface area (Å²) in [4.78, 5) is 25.8. The van der Waals surface area contributed by atoms with Gasteiger partial charge >= 0.3 is 35.6 Å². The zero-order valence-corrected chi connectivity index (χ0v) is 23.6. The fourth-order valence-corrected chi connectivity index (χ4v) is 4.65. The summed E-state index contributed by atoms with van der Waals surface area (Å²) in [5.41, 5.74) is 6.13. The third kappa shape index (κ3) is 6.67. The van der Waals surface area contributed by atoms with Gasteiger partial charge in [-0.3, -0.25) is 0 Å². The number of hydrogen-bond acceptors (Lipinski definition) is 7. The number of nitrogens with zero attached hydrogens (tertiary/aromatic N) is 4. The van der Waals surface area contributed by atoms with Gasteiger partial charge in [-0.1, -0.05) is 40.6 Å². The number of rotatable bonds is 7. The summed E-state index contributed by atoms with van der Waals surface area (Å²) in [5.74, 6) is -1.07. The van der Waals surface area contributed by atoms with E-state index in [2.05, 4.69) is 31.1 Å². The minimum atomic E-state index is -1.07. The summed E-state index contributed by atoms with van der Waals surface area (Å²) in [5, 5.41) is 26.7. The minimum Gasteiger partial charge on any atom is -0.550 e. The average Bonchev–Trinajstić information content (AvgIpc) is 3.31. The molecule has 2 heterocycles. The SMILES string of the molecule is O=C([O-])Cc1ccc2c(c1)CCCN2Cc1ccc(NC(=O)Nc2cccc(-n3[nH]nnc3=S)c2)cc1.[Na+]. The maximum atomic E-state index is 12.5. The number of carboxylic acids is 1. The van der Waals surface area contributed by atoms with Crippen LogP contribution in [-0.4, -0.2) is 38.8 Å². The van der Waals surface area contributed by atoms with E-state index in [0.29, 0.717) is 17.1 Å². The Bertz CT molecular complexity index is 1500. The van der Waals surface area contributed by atoms with E-state index in [1.165, 1.54) is 4.68 Å². The number of H-pyrrole nitrogens is 1. The summed E-state index contributed by atoms with van der Waals surface area (Å²) in [7, 11) is 0. The molecule has 0 radical (unpaired) electrons. The predicted molar refractivity (Wildman–Crippen MR) is 140 cm³/mol. The van der Waals surface area contributed by atoms with Gasteiger partial charge in [0.05, 0.1) is 5.69 Å². The number of carbonyl (C=O) groups excluding carboxylic acids is 2. The standard InChI is InChI=1S/C26H25N7O3S.Na/c34-24(35)14-18-8-11-23-19(13-18)3-2-12-32(23)16-17-6-9-20(10-7-17)27-25(36)28-21-4-1-5-22(15-21)33-26(37)29-30-31-33;/h1,4-11,13,15H,2-3,12,14,16H2,(H,34,35)(H2,27,28,36)(H,29,31,37);/q;+1/p-1. The van der Waals surface area contributed by atoms with Crippen LogP contribution in [0.2, 0.25) is 0 Å². The van der Waals surface area contributed by atoms with Crippen molar-refractivity contribution in [2.24, 2.45) is 0 Å². The third-order valence-electron chi connectivity index (χ3n) is 6.13. The number of fused-ring (bicyclic) bond motifs is 1. The Balaban J connectivity index is 0.00000336. The van der Waals surface area contributed by atoms with Gasteiger partial charge in [-0.25, -0.2) is 9.48 Å². The van der Waals surface area contributed by atoms with Gasteiger partial charge in [0.25, 0.3) is 0 Å². The van der Waals surface area contributed by atoms with Crippen molar-refractivity contribution in [2.75, 3.05) is 22.1 Å². The van der Waals surface area contributed by atoms with Crippen LogP contribution in [0, 0.1) is 4.77 Å². The van der Waals surface area contributed by atoms with Gasteiger partial charge in [0.15, 0.2) is 0 Å². The number of nitrogens with one attached hydrogen (secondary N) is 3. The first kappa shape index (κ1) is 27.5. The Morgan fingerprint density at radius 1 is 1.00 bits per heavy atom. The van der Waals surface area contributed by atoms with Crippen LogP contribution in [0.3, 0.4) is 0 Å². The van der Waals surface area contributed by atoms with Crippen molar-refractivity contribution >= 4 is 41.3 Å². The fraction of sp³-hybridized carbons (Fsp3) is 0.192. The smallest absolute Gasteiger partial charge is 0.550 e. The van der Waals surface area contributed by atoms with Gasteiger partial charge in [0, 0.05) is 42.5 Å². The molecule has 0 saturated carbocycles. The molecule has 2 amide bonds. The second kappa shape index (κ2) is 12.4. The topological polar surface area (TPSA) is 131 Å². The number of carbonyl (C=O) groups is 2. The summed E-state index contributed by atoms with van der Waals surface area (Å²) in [6.07, 6.45) is 1.86. The van der Waals surface area contributed by atoms with E-state index in [1.54, 1.807) is 18.2 Å². The molecule has 1 aliphatic heterocycles. The quantitative estimate of drug-likeness (QED) is 0.227. The maximum absolute atomic E-state index is 12.5. The number of carboxylic acid groups (broad SMARTS) is 1. The van der Waals surface area contributed by atoms with Crippen LogP contribution in [0.1, 0.15) is 23.1 Å². The van der Waals surface area contributed by atoms with Crippen molar-refractivity contribution < 1.29 is 44.3 Å². The number of urea groups is 1. The molecule has 0 aliphatic carbocycles. The van der Waals surface area contributed by atoms with Gasteiger partial charge < -0.3 is 25.4 Å². The number of aromatic nitrogens is 4. The maximum Gasteiger partial charge on any atom is 1.00 e.